The lowest BCUT2D eigenvalue weighted by Gasteiger charge is -2.26. The standard InChI is InChI=1S/C18H27ClN2O2S/c1-12(21-24(23)18(2,3)4)13-9-10-15(16(19)11-13)17(22)20-14-7-5-6-8-14/h9-12,14,21H,5-8H2,1-4H3,(H,20,22). The molecule has 1 aromatic rings. The van der Waals surface area contributed by atoms with Crippen molar-refractivity contribution in [1.29, 1.82) is 0 Å². The van der Waals surface area contributed by atoms with E-state index >= 15 is 0 Å². The molecule has 2 atom stereocenters. The van der Waals surface area contributed by atoms with Gasteiger partial charge in [-0.3, -0.25) is 4.79 Å². The van der Waals surface area contributed by atoms with Gasteiger partial charge in [0.1, 0.15) is 4.75 Å². The molecule has 0 spiro atoms. The second-order valence-corrected chi connectivity index (χ2v) is 9.82. The van der Waals surface area contributed by atoms with E-state index in [0.29, 0.717) is 10.6 Å². The van der Waals surface area contributed by atoms with E-state index in [0.717, 1.165) is 18.4 Å². The molecule has 0 radical (unpaired) electrons. The molecule has 134 valence electrons. The molecule has 0 heterocycles. The minimum absolute atomic E-state index is 0.114. The summed E-state index contributed by atoms with van der Waals surface area (Å²) < 4.78 is 15.0. The van der Waals surface area contributed by atoms with Crippen LogP contribution in [0.2, 0.25) is 5.02 Å². The molecule has 1 fully saturated rings. The van der Waals surface area contributed by atoms with Gasteiger partial charge in [-0.1, -0.05) is 30.5 Å². The zero-order valence-corrected chi connectivity index (χ0v) is 16.4. The van der Waals surface area contributed by atoms with Crippen molar-refractivity contribution in [2.24, 2.45) is 0 Å². The molecule has 4 nitrogen and oxygen atoms in total. The molecule has 2 N–H and O–H groups in total. The van der Waals surface area contributed by atoms with Crippen LogP contribution in [0.3, 0.4) is 0 Å². The topological polar surface area (TPSA) is 64.2 Å². The largest absolute Gasteiger partial charge is 0.598 e. The third kappa shape index (κ3) is 5.12. The number of carbonyl (C=O) groups excluding carboxylic acids is 1. The lowest BCUT2D eigenvalue weighted by Crippen LogP contribution is -2.40. The molecular formula is C18H27ClN2O2S. The van der Waals surface area contributed by atoms with Crippen molar-refractivity contribution in [3.8, 4) is 0 Å². The van der Waals surface area contributed by atoms with Crippen molar-refractivity contribution in [3.05, 3.63) is 34.3 Å². The van der Waals surface area contributed by atoms with Gasteiger partial charge in [0, 0.05) is 17.4 Å². The molecular weight excluding hydrogens is 344 g/mol. The normalized spacial score (nSPS) is 18.4. The summed E-state index contributed by atoms with van der Waals surface area (Å²) in [7, 11) is 0. The van der Waals surface area contributed by atoms with Gasteiger partial charge in [-0.05, 0) is 58.2 Å². The molecule has 0 aliphatic heterocycles. The van der Waals surface area contributed by atoms with Crippen LogP contribution in [0, 0.1) is 0 Å². The Balaban J connectivity index is 2.04. The maximum absolute atomic E-state index is 12.4. The third-order valence-electron chi connectivity index (χ3n) is 4.27. The van der Waals surface area contributed by atoms with Crippen LogP contribution in [0.25, 0.3) is 0 Å². The molecule has 24 heavy (non-hydrogen) atoms. The second-order valence-electron chi connectivity index (χ2n) is 7.41. The Kier molecular flexibility index (Phi) is 6.59. The van der Waals surface area contributed by atoms with Crippen molar-refractivity contribution in [1.82, 2.24) is 10.0 Å². The summed E-state index contributed by atoms with van der Waals surface area (Å²) in [6.07, 6.45) is 4.43. The van der Waals surface area contributed by atoms with Crippen LogP contribution in [-0.4, -0.2) is 21.2 Å². The zero-order valence-electron chi connectivity index (χ0n) is 14.8. The lowest BCUT2D eigenvalue weighted by atomic mass is 10.1. The first kappa shape index (κ1) is 19.6. The predicted molar refractivity (Wildman–Crippen MR) is 101 cm³/mol. The van der Waals surface area contributed by atoms with Crippen LogP contribution in [0.5, 0.6) is 0 Å². The average Bonchev–Trinajstić information content (AvgIpc) is 2.98. The lowest BCUT2D eigenvalue weighted by molar-refractivity contribution is 0.0938. The SMILES string of the molecule is CC(N[S+]([O-])C(C)(C)C)c1ccc(C(=O)NC2CCCC2)c(Cl)c1. The first-order chi connectivity index (χ1) is 11.2. The number of hydrogen-bond acceptors (Lipinski definition) is 3. The molecule has 1 amide bonds. The molecule has 1 aromatic carbocycles. The molecule has 0 saturated heterocycles. The van der Waals surface area contributed by atoms with Gasteiger partial charge in [-0.15, -0.1) is 4.72 Å². The molecule has 0 aromatic heterocycles. The van der Waals surface area contributed by atoms with E-state index in [4.69, 9.17) is 11.6 Å². The molecule has 1 aliphatic carbocycles. The van der Waals surface area contributed by atoms with Crippen molar-refractivity contribution in [2.45, 2.75) is 70.2 Å². The highest BCUT2D eigenvalue weighted by Crippen LogP contribution is 2.25. The Bertz CT molecular complexity index is 583. The summed E-state index contributed by atoms with van der Waals surface area (Å²) in [5.41, 5.74) is 1.41. The maximum atomic E-state index is 12.4. The Hall–Kier alpha value is -0.750. The molecule has 2 unspecified atom stereocenters. The van der Waals surface area contributed by atoms with Crippen LogP contribution in [0.1, 0.15) is 75.3 Å². The fourth-order valence-corrected chi connectivity index (χ4v) is 3.81. The van der Waals surface area contributed by atoms with Gasteiger partial charge in [-0.2, -0.15) is 0 Å². The predicted octanol–water partition coefficient (Wildman–Crippen LogP) is 4.13. The second kappa shape index (κ2) is 8.09. The number of benzene rings is 1. The highest BCUT2D eigenvalue weighted by Gasteiger charge is 2.28. The van der Waals surface area contributed by atoms with Crippen molar-refractivity contribution < 1.29 is 9.35 Å². The fourth-order valence-electron chi connectivity index (χ4n) is 2.72. The van der Waals surface area contributed by atoms with Crippen molar-refractivity contribution in [3.63, 3.8) is 0 Å². The number of hydrogen-bond donors (Lipinski definition) is 2. The average molecular weight is 371 g/mol. The van der Waals surface area contributed by atoms with Crippen LogP contribution < -0.4 is 10.0 Å². The van der Waals surface area contributed by atoms with Crippen LogP contribution in [-0.2, 0) is 11.4 Å². The van der Waals surface area contributed by atoms with E-state index in [1.165, 1.54) is 12.8 Å². The van der Waals surface area contributed by atoms with Crippen molar-refractivity contribution >= 4 is 28.9 Å². The van der Waals surface area contributed by atoms with Gasteiger partial charge >= 0.3 is 0 Å². The number of nitrogens with one attached hydrogen (secondary N) is 2. The van der Waals surface area contributed by atoms with E-state index in [1.807, 2.05) is 33.8 Å². The summed E-state index contributed by atoms with van der Waals surface area (Å²) in [6, 6.07) is 5.55. The fraction of sp³-hybridized carbons (Fsp3) is 0.611. The molecule has 6 heteroatoms. The summed E-state index contributed by atoms with van der Waals surface area (Å²) in [5.74, 6) is -0.114. The van der Waals surface area contributed by atoms with Crippen LogP contribution in [0.15, 0.2) is 18.2 Å². The van der Waals surface area contributed by atoms with E-state index < -0.39 is 11.4 Å². The highest BCUT2D eigenvalue weighted by molar-refractivity contribution is 7.90. The number of halogens is 1. The Labute approximate surface area is 153 Å². The Morgan fingerprint density at radius 1 is 1.33 bits per heavy atom. The quantitative estimate of drug-likeness (QED) is 0.766. The van der Waals surface area contributed by atoms with Gasteiger partial charge in [0.2, 0.25) is 0 Å². The number of rotatable bonds is 5. The molecule has 0 bridgehead atoms. The summed E-state index contributed by atoms with van der Waals surface area (Å²) in [6.45, 7) is 7.71. The Morgan fingerprint density at radius 3 is 2.50 bits per heavy atom. The first-order valence-electron chi connectivity index (χ1n) is 8.47. The third-order valence-corrected chi connectivity index (χ3v) is 6.26. The van der Waals surface area contributed by atoms with Gasteiger partial charge < -0.3 is 9.87 Å². The van der Waals surface area contributed by atoms with Crippen LogP contribution in [0.4, 0.5) is 0 Å². The van der Waals surface area contributed by atoms with E-state index in [2.05, 4.69) is 10.0 Å². The minimum atomic E-state index is -1.16. The minimum Gasteiger partial charge on any atom is -0.598 e. The van der Waals surface area contributed by atoms with Gasteiger partial charge in [-0.25, -0.2) is 0 Å². The van der Waals surface area contributed by atoms with E-state index in [1.54, 1.807) is 12.1 Å². The molecule has 1 saturated carbocycles. The number of amides is 1. The van der Waals surface area contributed by atoms with Gasteiger partial charge in [0.25, 0.3) is 5.91 Å². The number of carbonyl (C=O) groups is 1. The zero-order chi connectivity index (χ0) is 17.9. The Morgan fingerprint density at radius 2 is 1.96 bits per heavy atom. The first-order valence-corrected chi connectivity index (χ1v) is 9.99. The monoisotopic (exact) mass is 370 g/mol. The van der Waals surface area contributed by atoms with Gasteiger partial charge in [0.05, 0.1) is 16.6 Å². The summed E-state index contributed by atoms with van der Waals surface area (Å²) >= 11 is 5.15. The molecule has 1 aliphatic rings. The smallest absolute Gasteiger partial charge is 0.253 e. The van der Waals surface area contributed by atoms with Crippen molar-refractivity contribution in [2.75, 3.05) is 0 Å². The van der Waals surface area contributed by atoms with Crippen LogP contribution >= 0.6 is 11.6 Å². The maximum Gasteiger partial charge on any atom is 0.253 e. The summed E-state index contributed by atoms with van der Waals surface area (Å²) in [4.78, 5) is 12.4. The summed E-state index contributed by atoms with van der Waals surface area (Å²) in [5, 5.41) is 3.48. The van der Waals surface area contributed by atoms with E-state index in [9.17, 15) is 9.35 Å². The highest BCUT2D eigenvalue weighted by atomic mass is 35.5. The van der Waals surface area contributed by atoms with E-state index in [-0.39, 0.29) is 22.7 Å². The van der Waals surface area contributed by atoms with Gasteiger partial charge in [0.15, 0.2) is 0 Å². The molecule has 2 rings (SSSR count).